The normalized spacial score (nSPS) is 13.1. The Morgan fingerprint density at radius 3 is 2.18 bits per heavy atom. The molecule has 0 heterocycles. The van der Waals surface area contributed by atoms with E-state index in [0.29, 0.717) is 5.69 Å². The van der Waals surface area contributed by atoms with Crippen LogP contribution < -0.4 is 11.0 Å². The van der Waals surface area contributed by atoms with Crippen molar-refractivity contribution in [3.05, 3.63) is 59.8 Å². The van der Waals surface area contributed by atoms with E-state index in [1.54, 1.807) is 6.07 Å². The van der Waals surface area contributed by atoms with Crippen molar-refractivity contribution in [1.82, 2.24) is 0 Å². The molecule has 0 bridgehead atoms. The summed E-state index contributed by atoms with van der Waals surface area (Å²) in [6, 6.07) is 17.8. The quantitative estimate of drug-likeness (QED) is 0.377. The minimum atomic E-state index is -0.383. The van der Waals surface area contributed by atoms with Gasteiger partial charge in [-0.1, -0.05) is 36.4 Å². The molecule has 0 aliphatic carbocycles. The van der Waals surface area contributed by atoms with E-state index < -0.39 is 0 Å². The van der Waals surface area contributed by atoms with Gasteiger partial charge in [-0.25, -0.2) is 0 Å². The standard InChI is InChI=1S/C14H12N2O/c15-16(17)14-7-3-6-12-8-10-4-1-2-5-11(10)9-13(12)14/h1-9,16H,15H2. The van der Waals surface area contributed by atoms with Crippen LogP contribution in [0.15, 0.2) is 54.6 Å². The van der Waals surface area contributed by atoms with Crippen molar-refractivity contribution in [3.63, 3.8) is 0 Å². The van der Waals surface area contributed by atoms with Gasteiger partial charge in [0.1, 0.15) is 0 Å². The zero-order chi connectivity index (χ0) is 11.8. The second kappa shape index (κ2) is 3.82. The molecule has 0 radical (unpaired) electrons. The Kier molecular flexibility index (Phi) is 2.30. The summed E-state index contributed by atoms with van der Waals surface area (Å²) in [6.45, 7) is 0. The minimum Gasteiger partial charge on any atom is -0.608 e. The van der Waals surface area contributed by atoms with Crippen LogP contribution in [0.5, 0.6) is 0 Å². The number of hydrogen-bond acceptors (Lipinski definition) is 2. The van der Waals surface area contributed by atoms with Gasteiger partial charge in [0.05, 0.1) is 0 Å². The first-order chi connectivity index (χ1) is 8.25. The molecule has 3 rings (SSSR count). The molecule has 0 amide bonds. The van der Waals surface area contributed by atoms with Crippen LogP contribution in [0.1, 0.15) is 0 Å². The molecule has 0 saturated carbocycles. The van der Waals surface area contributed by atoms with Gasteiger partial charge in [-0.05, 0) is 28.3 Å². The van der Waals surface area contributed by atoms with Gasteiger partial charge in [0, 0.05) is 11.5 Å². The van der Waals surface area contributed by atoms with Gasteiger partial charge in [-0.2, -0.15) is 5.84 Å². The second-order valence-electron chi connectivity index (χ2n) is 4.09. The summed E-state index contributed by atoms with van der Waals surface area (Å²) < 4.78 is 0. The third-order valence-corrected chi connectivity index (χ3v) is 3.01. The summed E-state index contributed by atoms with van der Waals surface area (Å²) in [7, 11) is 0. The maximum absolute atomic E-state index is 11.4. The van der Waals surface area contributed by atoms with E-state index in [1.807, 2.05) is 36.4 Å². The Hall–Kier alpha value is -1.94. The summed E-state index contributed by atoms with van der Waals surface area (Å²) in [6.07, 6.45) is 0. The largest absolute Gasteiger partial charge is 0.608 e. The number of quaternary nitrogens is 1. The molecule has 3 heteroatoms. The Morgan fingerprint density at radius 2 is 1.47 bits per heavy atom. The molecule has 0 aromatic heterocycles. The second-order valence-corrected chi connectivity index (χ2v) is 4.09. The number of nitrogen functional groups attached to an aromatic ring is 1. The summed E-state index contributed by atoms with van der Waals surface area (Å²) in [5.41, 5.74) is 0.577. The van der Waals surface area contributed by atoms with E-state index in [4.69, 9.17) is 5.84 Å². The average Bonchev–Trinajstić information content (AvgIpc) is 2.35. The topological polar surface area (TPSA) is 53.5 Å². The molecule has 84 valence electrons. The number of nitrogens with one attached hydrogen (secondary N) is 1. The van der Waals surface area contributed by atoms with Gasteiger partial charge in [-0.15, -0.1) is 0 Å². The summed E-state index contributed by atoms with van der Waals surface area (Å²) in [5, 5.41) is 15.2. The van der Waals surface area contributed by atoms with E-state index in [1.165, 1.54) is 5.39 Å². The van der Waals surface area contributed by atoms with Crippen LogP contribution in [-0.4, -0.2) is 0 Å². The maximum atomic E-state index is 11.4. The lowest BCUT2D eigenvalue weighted by atomic mass is 10.0. The zero-order valence-corrected chi connectivity index (χ0v) is 9.18. The fourth-order valence-electron chi connectivity index (χ4n) is 2.18. The van der Waals surface area contributed by atoms with E-state index in [2.05, 4.69) is 12.1 Å². The van der Waals surface area contributed by atoms with E-state index in [9.17, 15) is 5.21 Å². The van der Waals surface area contributed by atoms with Crippen LogP contribution in [0.3, 0.4) is 0 Å². The molecule has 0 aliphatic rings. The first-order valence-corrected chi connectivity index (χ1v) is 5.47. The average molecular weight is 224 g/mol. The van der Waals surface area contributed by atoms with Crippen molar-refractivity contribution in [2.24, 2.45) is 5.84 Å². The monoisotopic (exact) mass is 224 g/mol. The number of benzene rings is 3. The molecular formula is C14H12N2O. The van der Waals surface area contributed by atoms with Gasteiger partial charge in [0.2, 0.25) is 0 Å². The molecule has 0 aliphatic heterocycles. The number of rotatable bonds is 1. The van der Waals surface area contributed by atoms with Crippen LogP contribution in [-0.2, 0) is 0 Å². The SMILES string of the molecule is N[NH+]([O-])c1cccc2cc3ccccc3cc12. The smallest absolute Gasteiger partial charge is 0.158 e. The summed E-state index contributed by atoms with van der Waals surface area (Å²) >= 11 is 0. The van der Waals surface area contributed by atoms with Gasteiger partial charge < -0.3 is 5.21 Å². The first kappa shape index (κ1) is 10.2. The van der Waals surface area contributed by atoms with E-state index in [0.717, 1.165) is 16.2 Å². The van der Waals surface area contributed by atoms with Crippen molar-refractivity contribution < 1.29 is 5.17 Å². The van der Waals surface area contributed by atoms with Crippen LogP contribution in [0.25, 0.3) is 21.5 Å². The zero-order valence-electron chi connectivity index (χ0n) is 9.18. The number of nitrogens with two attached hydrogens (primary N) is 1. The molecular weight excluding hydrogens is 212 g/mol. The molecule has 3 nitrogen and oxygen atoms in total. The molecule has 0 spiro atoms. The molecule has 1 atom stereocenters. The lowest BCUT2D eigenvalue weighted by Crippen LogP contribution is -3.08. The van der Waals surface area contributed by atoms with Gasteiger partial charge in [0.25, 0.3) is 0 Å². The number of fused-ring (bicyclic) bond motifs is 2. The van der Waals surface area contributed by atoms with Gasteiger partial charge >= 0.3 is 0 Å². The Morgan fingerprint density at radius 1 is 0.824 bits per heavy atom. The minimum absolute atomic E-state index is 0.383. The van der Waals surface area contributed by atoms with Gasteiger partial charge in [0.15, 0.2) is 5.69 Å². The molecule has 1 unspecified atom stereocenters. The highest BCUT2D eigenvalue weighted by atomic mass is 16.5. The van der Waals surface area contributed by atoms with Crippen molar-refractivity contribution in [2.75, 3.05) is 0 Å². The van der Waals surface area contributed by atoms with Crippen LogP contribution in [0, 0.1) is 5.21 Å². The van der Waals surface area contributed by atoms with Crippen molar-refractivity contribution in [2.45, 2.75) is 0 Å². The van der Waals surface area contributed by atoms with E-state index >= 15 is 0 Å². The third-order valence-electron chi connectivity index (χ3n) is 3.01. The number of hydrogen-bond donors (Lipinski definition) is 2. The molecule has 0 fully saturated rings. The first-order valence-electron chi connectivity index (χ1n) is 5.47. The van der Waals surface area contributed by atoms with Crippen molar-refractivity contribution in [1.29, 1.82) is 0 Å². The Labute approximate surface area is 98.6 Å². The lowest BCUT2D eigenvalue weighted by molar-refractivity contribution is -0.788. The molecule has 3 aromatic rings. The third kappa shape index (κ3) is 1.66. The summed E-state index contributed by atoms with van der Waals surface area (Å²) in [5.74, 6) is 5.38. The molecule has 0 saturated heterocycles. The predicted octanol–water partition coefficient (Wildman–Crippen LogP) is 1.88. The lowest BCUT2D eigenvalue weighted by Gasteiger charge is -2.16. The fraction of sp³-hybridized carbons (Fsp3) is 0. The Bertz CT molecular complexity index is 692. The maximum Gasteiger partial charge on any atom is 0.158 e. The van der Waals surface area contributed by atoms with Crippen LogP contribution in [0.2, 0.25) is 0 Å². The highest BCUT2D eigenvalue weighted by Gasteiger charge is 2.06. The summed E-state index contributed by atoms with van der Waals surface area (Å²) in [4.78, 5) is 0. The van der Waals surface area contributed by atoms with Crippen molar-refractivity contribution in [3.8, 4) is 0 Å². The molecule has 17 heavy (non-hydrogen) atoms. The van der Waals surface area contributed by atoms with Gasteiger partial charge in [-0.3, -0.25) is 5.17 Å². The molecule has 3 aromatic carbocycles. The van der Waals surface area contributed by atoms with Crippen LogP contribution in [0.4, 0.5) is 5.69 Å². The fourth-order valence-corrected chi connectivity index (χ4v) is 2.18. The van der Waals surface area contributed by atoms with E-state index in [-0.39, 0.29) is 5.17 Å². The Balaban J connectivity index is 2.43. The predicted molar refractivity (Wildman–Crippen MR) is 69.6 cm³/mol. The highest BCUT2D eigenvalue weighted by molar-refractivity contribution is 6.01. The highest BCUT2D eigenvalue weighted by Crippen LogP contribution is 2.26. The molecule has 3 N–H and O–H groups in total. The van der Waals surface area contributed by atoms with Crippen LogP contribution >= 0.6 is 0 Å². The van der Waals surface area contributed by atoms with Crippen molar-refractivity contribution >= 4 is 27.2 Å².